The second-order valence-corrected chi connectivity index (χ2v) is 5.11. The van der Waals surface area contributed by atoms with Gasteiger partial charge in [0.05, 0.1) is 6.61 Å². The van der Waals surface area contributed by atoms with Crippen molar-refractivity contribution in [3.05, 3.63) is 65.5 Å². The molecule has 0 heterocycles. The Kier molecular flexibility index (Phi) is 5.72. The Labute approximate surface area is 124 Å². The Morgan fingerprint density at radius 2 is 2.00 bits per heavy atom. The van der Waals surface area contributed by atoms with Crippen molar-refractivity contribution in [1.82, 2.24) is 5.43 Å². The van der Waals surface area contributed by atoms with Crippen LogP contribution in [0.5, 0.6) is 5.75 Å². The summed E-state index contributed by atoms with van der Waals surface area (Å²) in [6.45, 7) is 2.56. The average molecular weight is 288 g/mol. The summed E-state index contributed by atoms with van der Waals surface area (Å²) in [6.07, 6.45) is 1.25. The molecule has 0 saturated heterocycles. The van der Waals surface area contributed by atoms with Crippen LogP contribution in [-0.4, -0.2) is 12.6 Å². The number of nitrogens with one attached hydrogen (secondary N) is 1. The van der Waals surface area contributed by atoms with Gasteiger partial charge in [0.1, 0.15) is 11.6 Å². The zero-order chi connectivity index (χ0) is 15.1. The van der Waals surface area contributed by atoms with Gasteiger partial charge in [0.15, 0.2) is 0 Å². The molecule has 0 aliphatic rings. The van der Waals surface area contributed by atoms with E-state index < -0.39 is 0 Å². The van der Waals surface area contributed by atoms with Crippen LogP contribution in [0.2, 0.25) is 0 Å². The first-order valence-corrected chi connectivity index (χ1v) is 7.08. The highest BCUT2D eigenvalue weighted by Crippen LogP contribution is 2.14. The van der Waals surface area contributed by atoms with Crippen LogP contribution in [0.4, 0.5) is 4.39 Å². The van der Waals surface area contributed by atoms with Gasteiger partial charge in [0.25, 0.3) is 0 Å². The van der Waals surface area contributed by atoms with Gasteiger partial charge in [-0.1, -0.05) is 30.3 Å². The van der Waals surface area contributed by atoms with E-state index in [-0.39, 0.29) is 11.9 Å². The highest BCUT2D eigenvalue weighted by Gasteiger charge is 2.11. The van der Waals surface area contributed by atoms with Crippen LogP contribution in [0.1, 0.15) is 17.5 Å². The maximum absolute atomic E-state index is 13.6. The van der Waals surface area contributed by atoms with E-state index in [0.717, 1.165) is 11.3 Å². The lowest BCUT2D eigenvalue weighted by Gasteiger charge is -2.17. The molecule has 0 aromatic heterocycles. The number of benzene rings is 2. The van der Waals surface area contributed by atoms with Crippen molar-refractivity contribution in [3.8, 4) is 5.75 Å². The third kappa shape index (κ3) is 4.85. The number of halogens is 1. The van der Waals surface area contributed by atoms with Crippen molar-refractivity contribution < 1.29 is 9.13 Å². The predicted molar refractivity (Wildman–Crippen MR) is 82.5 cm³/mol. The summed E-state index contributed by atoms with van der Waals surface area (Å²) in [5.41, 5.74) is 4.55. The minimum atomic E-state index is -0.197. The van der Waals surface area contributed by atoms with Crippen molar-refractivity contribution in [1.29, 1.82) is 0 Å². The van der Waals surface area contributed by atoms with E-state index in [2.05, 4.69) is 5.43 Å². The maximum Gasteiger partial charge on any atom is 0.126 e. The SMILES string of the molecule is Cc1cccc(OCCC(Cc2ccccc2F)NN)c1. The van der Waals surface area contributed by atoms with Gasteiger partial charge in [0, 0.05) is 6.04 Å². The van der Waals surface area contributed by atoms with Crippen LogP contribution in [0.15, 0.2) is 48.5 Å². The molecule has 0 amide bonds. The molecule has 112 valence electrons. The minimum Gasteiger partial charge on any atom is -0.494 e. The summed E-state index contributed by atoms with van der Waals surface area (Å²) in [5.74, 6) is 6.19. The molecule has 2 aromatic carbocycles. The third-order valence-corrected chi connectivity index (χ3v) is 3.38. The Hall–Kier alpha value is -1.91. The summed E-state index contributed by atoms with van der Waals surface area (Å²) in [4.78, 5) is 0. The van der Waals surface area contributed by atoms with Gasteiger partial charge in [-0.3, -0.25) is 11.3 Å². The van der Waals surface area contributed by atoms with Crippen molar-refractivity contribution in [2.24, 2.45) is 5.84 Å². The molecule has 2 rings (SSSR count). The lowest BCUT2D eigenvalue weighted by molar-refractivity contribution is 0.284. The van der Waals surface area contributed by atoms with E-state index >= 15 is 0 Å². The Morgan fingerprint density at radius 1 is 1.19 bits per heavy atom. The quantitative estimate of drug-likeness (QED) is 0.608. The van der Waals surface area contributed by atoms with E-state index in [1.807, 2.05) is 37.3 Å². The van der Waals surface area contributed by atoms with Crippen molar-refractivity contribution in [3.63, 3.8) is 0 Å². The molecule has 1 atom stereocenters. The molecule has 0 spiro atoms. The normalized spacial score (nSPS) is 12.1. The lowest BCUT2D eigenvalue weighted by atomic mass is 10.0. The largest absolute Gasteiger partial charge is 0.494 e. The predicted octanol–water partition coefficient (Wildman–Crippen LogP) is 2.98. The van der Waals surface area contributed by atoms with Crippen molar-refractivity contribution in [2.45, 2.75) is 25.8 Å². The third-order valence-electron chi connectivity index (χ3n) is 3.38. The molecule has 1 unspecified atom stereocenters. The molecule has 3 nitrogen and oxygen atoms in total. The molecule has 0 aliphatic heterocycles. The van der Waals surface area contributed by atoms with Gasteiger partial charge in [-0.15, -0.1) is 0 Å². The molecule has 0 radical (unpaired) electrons. The summed E-state index contributed by atoms with van der Waals surface area (Å²) in [5, 5.41) is 0. The smallest absolute Gasteiger partial charge is 0.126 e. The summed E-state index contributed by atoms with van der Waals surface area (Å²) < 4.78 is 19.3. The Bertz CT molecular complexity index is 574. The number of hydrogen-bond donors (Lipinski definition) is 2. The van der Waals surface area contributed by atoms with Gasteiger partial charge in [-0.2, -0.15) is 0 Å². The van der Waals surface area contributed by atoms with Gasteiger partial charge in [0.2, 0.25) is 0 Å². The van der Waals surface area contributed by atoms with Crippen LogP contribution in [0.3, 0.4) is 0 Å². The van der Waals surface area contributed by atoms with Gasteiger partial charge < -0.3 is 4.74 Å². The summed E-state index contributed by atoms with van der Waals surface area (Å²) in [7, 11) is 0. The first-order chi connectivity index (χ1) is 10.2. The second-order valence-electron chi connectivity index (χ2n) is 5.11. The highest BCUT2D eigenvalue weighted by molar-refractivity contribution is 5.27. The number of aryl methyl sites for hydroxylation is 1. The fraction of sp³-hybridized carbons (Fsp3) is 0.294. The molecule has 0 fully saturated rings. The Morgan fingerprint density at radius 3 is 2.71 bits per heavy atom. The summed E-state index contributed by atoms with van der Waals surface area (Å²) in [6, 6.07) is 14.6. The minimum absolute atomic E-state index is 0.0216. The van der Waals surface area contributed by atoms with E-state index in [9.17, 15) is 4.39 Å². The van der Waals surface area contributed by atoms with Gasteiger partial charge in [-0.05, 0) is 49.1 Å². The van der Waals surface area contributed by atoms with Crippen molar-refractivity contribution in [2.75, 3.05) is 6.61 Å². The summed E-state index contributed by atoms with van der Waals surface area (Å²) >= 11 is 0. The molecular weight excluding hydrogens is 267 g/mol. The van der Waals surface area contributed by atoms with E-state index in [4.69, 9.17) is 10.6 Å². The number of hydrazine groups is 1. The zero-order valence-electron chi connectivity index (χ0n) is 12.2. The molecule has 0 bridgehead atoms. The second kappa shape index (κ2) is 7.76. The number of rotatable bonds is 7. The highest BCUT2D eigenvalue weighted by atomic mass is 19.1. The molecular formula is C17H21FN2O. The average Bonchev–Trinajstić information content (AvgIpc) is 2.48. The molecule has 3 N–H and O–H groups in total. The van der Waals surface area contributed by atoms with Crippen LogP contribution in [0.25, 0.3) is 0 Å². The van der Waals surface area contributed by atoms with E-state index in [1.165, 1.54) is 6.07 Å². The number of ether oxygens (including phenoxy) is 1. The standard InChI is InChI=1S/C17H21FN2O/c1-13-5-4-7-16(11-13)21-10-9-15(20-19)12-14-6-2-3-8-17(14)18/h2-8,11,15,20H,9-10,12,19H2,1H3. The zero-order valence-corrected chi connectivity index (χ0v) is 12.2. The van der Waals surface area contributed by atoms with Crippen LogP contribution in [0, 0.1) is 12.7 Å². The maximum atomic E-state index is 13.6. The van der Waals surface area contributed by atoms with Gasteiger partial charge >= 0.3 is 0 Å². The van der Waals surface area contributed by atoms with E-state index in [0.29, 0.717) is 25.0 Å². The van der Waals surface area contributed by atoms with E-state index in [1.54, 1.807) is 12.1 Å². The lowest BCUT2D eigenvalue weighted by Crippen LogP contribution is -2.38. The number of hydrogen-bond acceptors (Lipinski definition) is 3. The molecule has 0 saturated carbocycles. The molecule has 21 heavy (non-hydrogen) atoms. The van der Waals surface area contributed by atoms with Gasteiger partial charge in [-0.25, -0.2) is 4.39 Å². The fourth-order valence-corrected chi connectivity index (χ4v) is 2.20. The Balaban J connectivity index is 1.84. The monoisotopic (exact) mass is 288 g/mol. The topological polar surface area (TPSA) is 47.3 Å². The molecule has 4 heteroatoms. The fourth-order valence-electron chi connectivity index (χ4n) is 2.20. The first-order valence-electron chi connectivity index (χ1n) is 7.08. The first kappa shape index (κ1) is 15.5. The van der Waals surface area contributed by atoms with Crippen LogP contribution in [-0.2, 0) is 6.42 Å². The number of nitrogens with two attached hydrogens (primary N) is 1. The van der Waals surface area contributed by atoms with Crippen LogP contribution < -0.4 is 16.0 Å². The van der Waals surface area contributed by atoms with Crippen molar-refractivity contribution >= 4 is 0 Å². The molecule has 2 aromatic rings. The molecule has 0 aliphatic carbocycles. The van der Waals surface area contributed by atoms with Crippen LogP contribution >= 0.6 is 0 Å².